The average molecular weight is 558 g/mol. The molecule has 0 radical (unpaired) electrons. The molecule has 1 fully saturated rings. The van der Waals surface area contributed by atoms with Crippen molar-refractivity contribution in [3.05, 3.63) is 76.5 Å². The van der Waals surface area contributed by atoms with Crippen LogP contribution in [0.15, 0.2) is 48.8 Å². The molecule has 216 valence electrons. The van der Waals surface area contributed by atoms with Gasteiger partial charge in [0, 0.05) is 42.5 Å². The number of aryl methyl sites for hydroxylation is 2. The maximum Gasteiger partial charge on any atom is 0.268 e. The molecule has 1 aromatic carbocycles. The summed E-state index contributed by atoms with van der Waals surface area (Å²) >= 11 is 0. The monoisotopic (exact) mass is 557 g/mol. The average Bonchev–Trinajstić information content (AvgIpc) is 3.17. The molecule has 1 aliphatic heterocycles. The van der Waals surface area contributed by atoms with E-state index in [1.54, 1.807) is 30.3 Å². The first-order valence-electron chi connectivity index (χ1n) is 14.6. The van der Waals surface area contributed by atoms with Crippen molar-refractivity contribution in [2.45, 2.75) is 78.4 Å². The molecule has 2 N–H and O–H groups in total. The van der Waals surface area contributed by atoms with Crippen LogP contribution in [0.1, 0.15) is 72.8 Å². The first-order chi connectivity index (χ1) is 19.7. The van der Waals surface area contributed by atoms with E-state index in [1.165, 1.54) is 0 Å². The molecule has 1 saturated carbocycles. The molecular weight excluding hydrogens is 518 g/mol. The van der Waals surface area contributed by atoms with Gasteiger partial charge in [0.05, 0.1) is 6.54 Å². The summed E-state index contributed by atoms with van der Waals surface area (Å²) < 4.78 is 2.77. The number of pyridine rings is 1. The lowest BCUT2D eigenvalue weighted by Crippen LogP contribution is -2.49. The lowest BCUT2D eigenvalue weighted by atomic mass is 9.91. The van der Waals surface area contributed by atoms with Crippen LogP contribution in [0, 0.1) is 25.0 Å². The molecule has 3 aromatic rings. The van der Waals surface area contributed by atoms with E-state index < -0.39 is 6.04 Å². The topological polar surface area (TPSA) is 110 Å². The van der Waals surface area contributed by atoms with Gasteiger partial charge in [-0.1, -0.05) is 37.8 Å². The molecule has 2 aliphatic rings. The zero-order valence-corrected chi connectivity index (χ0v) is 24.1. The van der Waals surface area contributed by atoms with E-state index in [0.717, 1.165) is 71.2 Å². The number of carbonyl (C=O) groups is 3. The van der Waals surface area contributed by atoms with Crippen LogP contribution in [0.4, 0.5) is 5.69 Å². The molecule has 41 heavy (non-hydrogen) atoms. The third-order valence-corrected chi connectivity index (χ3v) is 8.51. The lowest BCUT2D eigenvalue weighted by Gasteiger charge is -2.29. The van der Waals surface area contributed by atoms with E-state index in [-0.39, 0.29) is 23.6 Å². The fourth-order valence-corrected chi connectivity index (χ4v) is 6.39. The van der Waals surface area contributed by atoms with Crippen molar-refractivity contribution < 1.29 is 19.1 Å². The van der Waals surface area contributed by atoms with Gasteiger partial charge in [-0.2, -0.15) is 4.73 Å². The molecule has 9 nitrogen and oxygen atoms in total. The van der Waals surface area contributed by atoms with E-state index in [0.29, 0.717) is 31.0 Å². The summed E-state index contributed by atoms with van der Waals surface area (Å²) in [5, 5.41) is 17.9. The van der Waals surface area contributed by atoms with E-state index in [1.807, 2.05) is 48.7 Å². The van der Waals surface area contributed by atoms with Crippen molar-refractivity contribution in [1.29, 1.82) is 0 Å². The summed E-state index contributed by atoms with van der Waals surface area (Å²) in [4.78, 5) is 40.9. The van der Waals surface area contributed by atoms with Crippen LogP contribution in [0.5, 0.6) is 0 Å². The van der Waals surface area contributed by atoms with Crippen LogP contribution < -0.4 is 15.4 Å². The minimum Gasteiger partial charge on any atom is -0.619 e. The fraction of sp³-hybridized carbons (Fsp3) is 0.438. The molecule has 3 heterocycles. The number of hydrogen-bond acceptors (Lipinski definition) is 4. The van der Waals surface area contributed by atoms with E-state index in [2.05, 4.69) is 10.6 Å². The molecule has 0 bridgehead atoms. The van der Waals surface area contributed by atoms with Crippen molar-refractivity contribution in [3.8, 4) is 11.1 Å². The molecule has 0 unspecified atom stereocenters. The number of nitrogens with one attached hydrogen (secondary N) is 2. The number of aromatic nitrogens is 2. The number of rotatable bonds is 6. The van der Waals surface area contributed by atoms with Crippen LogP contribution in [-0.4, -0.2) is 39.8 Å². The lowest BCUT2D eigenvalue weighted by molar-refractivity contribution is -0.606. The maximum absolute atomic E-state index is 13.7. The Morgan fingerprint density at radius 1 is 0.927 bits per heavy atom. The second-order valence-electron chi connectivity index (χ2n) is 11.4. The number of nitrogens with zero attached hydrogens (tertiary/aromatic N) is 3. The maximum atomic E-state index is 13.7. The molecule has 2 aromatic heterocycles. The van der Waals surface area contributed by atoms with Gasteiger partial charge in [-0.3, -0.25) is 14.4 Å². The molecule has 3 amide bonds. The highest BCUT2D eigenvalue weighted by Gasteiger charge is 2.32. The van der Waals surface area contributed by atoms with Crippen molar-refractivity contribution in [3.63, 3.8) is 0 Å². The third kappa shape index (κ3) is 6.29. The second-order valence-corrected chi connectivity index (χ2v) is 11.4. The predicted octanol–water partition coefficient (Wildman–Crippen LogP) is 4.47. The molecule has 1 aliphatic carbocycles. The molecule has 0 spiro atoms. The van der Waals surface area contributed by atoms with Crippen molar-refractivity contribution >= 4 is 23.4 Å². The highest BCUT2D eigenvalue weighted by atomic mass is 16.5. The van der Waals surface area contributed by atoms with Crippen LogP contribution in [0.25, 0.3) is 11.1 Å². The Bertz CT molecular complexity index is 1410. The summed E-state index contributed by atoms with van der Waals surface area (Å²) in [5.41, 5.74) is 5.83. The fourth-order valence-electron chi connectivity index (χ4n) is 6.39. The SMILES string of the molecule is CC(=O)N1CCn2c(ccc2C(=O)N[C@H](C(=O)Nc2ccc(-c3c(C)c[n+]([O-])cc3C)cc2)C2CCCCCC2)C1. The zero-order chi connectivity index (χ0) is 29.1. The molecular formula is C32H39N5O4. The smallest absolute Gasteiger partial charge is 0.268 e. The van der Waals surface area contributed by atoms with Crippen molar-refractivity contribution in [1.82, 2.24) is 14.8 Å². The van der Waals surface area contributed by atoms with Crippen LogP contribution in [-0.2, 0) is 22.7 Å². The van der Waals surface area contributed by atoms with Gasteiger partial charge in [0.2, 0.25) is 11.8 Å². The number of amides is 3. The van der Waals surface area contributed by atoms with Gasteiger partial charge in [0.25, 0.3) is 5.91 Å². The van der Waals surface area contributed by atoms with Gasteiger partial charge < -0.3 is 25.3 Å². The van der Waals surface area contributed by atoms with Crippen molar-refractivity contribution in [2.75, 3.05) is 11.9 Å². The van der Waals surface area contributed by atoms with Gasteiger partial charge in [-0.25, -0.2) is 0 Å². The first-order valence-corrected chi connectivity index (χ1v) is 14.6. The van der Waals surface area contributed by atoms with Gasteiger partial charge in [-0.05, 0) is 68.0 Å². The standard InChI is InChI=1S/C32H39N5O4/c1-21-18-36(41)19-22(2)29(21)24-10-12-26(13-11-24)33-32(40)30(25-8-6-4-5-7-9-25)34-31(39)28-15-14-27-20-35(23(3)38)16-17-37(27)28/h10-15,18-19,25,30H,4-9,16-17,20H2,1-3H3,(H,33,40)(H,34,39)/t30-/m0/s1. The van der Waals surface area contributed by atoms with Crippen LogP contribution in [0.2, 0.25) is 0 Å². The number of fused-ring (bicyclic) bond motifs is 1. The van der Waals surface area contributed by atoms with E-state index in [4.69, 9.17) is 0 Å². The largest absolute Gasteiger partial charge is 0.619 e. The number of hydrogen-bond donors (Lipinski definition) is 2. The highest BCUT2D eigenvalue weighted by molar-refractivity contribution is 6.01. The summed E-state index contributed by atoms with van der Waals surface area (Å²) in [6.07, 6.45) is 9.26. The normalized spacial score (nSPS) is 16.4. The van der Waals surface area contributed by atoms with Crippen molar-refractivity contribution in [2.24, 2.45) is 5.92 Å². The van der Waals surface area contributed by atoms with E-state index >= 15 is 0 Å². The van der Waals surface area contributed by atoms with Gasteiger partial charge >= 0.3 is 0 Å². The number of benzene rings is 1. The quantitative estimate of drug-likeness (QED) is 0.265. The molecule has 9 heteroatoms. The first kappa shape index (κ1) is 28.4. The molecule has 0 saturated heterocycles. The van der Waals surface area contributed by atoms with Gasteiger partial charge in [0.15, 0.2) is 12.4 Å². The summed E-state index contributed by atoms with van der Waals surface area (Å²) in [6.45, 7) is 6.96. The summed E-state index contributed by atoms with van der Waals surface area (Å²) in [6, 6.07) is 10.6. The Morgan fingerprint density at radius 3 is 2.22 bits per heavy atom. The van der Waals surface area contributed by atoms with Gasteiger partial charge in [-0.15, -0.1) is 0 Å². The Hall–Kier alpha value is -4.14. The molecule has 1 atom stereocenters. The minimum absolute atomic E-state index is 0.0196. The third-order valence-electron chi connectivity index (χ3n) is 8.51. The minimum atomic E-state index is -0.658. The highest BCUT2D eigenvalue weighted by Crippen LogP contribution is 2.29. The Kier molecular flexibility index (Phi) is 8.42. The van der Waals surface area contributed by atoms with Gasteiger partial charge in [0.1, 0.15) is 11.7 Å². The zero-order valence-electron chi connectivity index (χ0n) is 24.1. The summed E-state index contributed by atoms with van der Waals surface area (Å²) in [7, 11) is 0. The Morgan fingerprint density at radius 2 is 1.59 bits per heavy atom. The van der Waals surface area contributed by atoms with Crippen LogP contribution in [0.3, 0.4) is 0 Å². The Labute approximate surface area is 241 Å². The summed E-state index contributed by atoms with van der Waals surface area (Å²) in [5.74, 6) is -0.409. The molecule has 5 rings (SSSR count). The Balaban J connectivity index is 1.34. The van der Waals surface area contributed by atoms with E-state index in [9.17, 15) is 19.6 Å². The predicted molar refractivity (Wildman–Crippen MR) is 157 cm³/mol. The number of carbonyl (C=O) groups excluding carboxylic acids is 3. The van der Waals surface area contributed by atoms with Crippen LogP contribution >= 0.6 is 0 Å². The second kappa shape index (κ2) is 12.2. The number of anilines is 1.